The molecule has 0 radical (unpaired) electrons. The van der Waals surface area contributed by atoms with Crippen LogP contribution in [-0.4, -0.2) is 24.8 Å². The van der Waals surface area contributed by atoms with Gasteiger partial charge in [-0.25, -0.2) is 0 Å². The highest BCUT2D eigenvalue weighted by Gasteiger charge is 2.08. The molecule has 27 heavy (non-hydrogen) atoms. The summed E-state index contributed by atoms with van der Waals surface area (Å²) in [5.41, 5.74) is 0.859. The Morgan fingerprint density at radius 1 is 0.963 bits per heavy atom. The van der Waals surface area contributed by atoms with Gasteiger partial charge in [0.2, 0.25) is 5.91 Å². The molecule has 1 amide bonds. The zero-order valence-electron chi connectivity index (χ0n) is 14.6. The number of hydrogen-bond donors (Lipinski definition) is 1. The van der Waals surface area contributed by atoms with Gasteiger partial charge in [-0.1, -0.05) is 65.7 Å². The van der Waals surface area contributed by atoms with E-state index in [1.165, 1.54) is 11.8 Å². The van der Waals surface area contributed by atoms with Crippen LogP contribution in [-0.2, 0) is 10.5 Å². The first-order valence-electron chi connectivity index (χ1n) is 8.53. The molecule has 0 atom stereocenters. The molecule has 0 saturated carbocycles. The summed E-state index contributed by atoms with van der Waals surface area (Å²) in [7, 11) is 0. The van der Waals surface area contributed by atoms with Gasteiger partial charge in [-0.2, -0.15) is 0 Å². The van der Waals surface area contributed by atoms with Gasteiger partial charge in [0.15, 0.2) is 0 Å². The van der Waals surface area contributed by atoms with Crippen LogP contribution in [0.2, 0.25) is 10.0 Å². The SMILES string of the molecule is O=C(CSCc1c(Cl)cccc1Cl)NCCOc1cccc2ccccc12. The molecule has 140 valence electrons. The Labute approximate surface area is 173 Å². The zero-order valence-corrected chi connectivity index (χ0v) is 16.9. The van der Waals surface area contributed by atoms with Gasteiger partial charge in [0.25, 0.3) is 0 Å². The Balaban J connectivity index is 1.40. The third kappa shape index (κ3) is 5.55. The van der Waals surface area contributed by atoms with E-state index < -0.39 is 0 Å². The van der Waals surface area contributed by atoms with Crippen LogP contribution >= 0.6 is 35.0 Å². The Kier molecular flexibility index (Phi) is 7.27. The van der Waals surface area contributed by atoms with Crippen LogP contribution in [0, 0.1) is 0 Å². The van der Waals surface area contributed by atoms with E-state index in [-0.39, 0.29) is 5.91 Å². The summed E-state index contributed by atoms with van der Waals surface area (Å²) in [6, 6.07) is 19.4. The van der Waals surface area contributed by atoms with Crippen LogP contribution in [0.5, 0.6) is 5.75 Å². The summed E-state index contributed by atoms with van der Waals surface area (Å²) in [4.78, 5) is 12.0. The fourth-order valence-corrected chi connectivity index (χ4v) is 4.23. The molecule has 0 bridgehead atoms. The average molecular weight is 420 g/mol. The fourth-order valence-electron chi connectivity index (χ4n) is 2.64. The molecule has 0 heterocycles. The maximum atomic E-state index is 12.0. The number of halogens is 2. The van der Waals surface area contributed by atoms with E-state index in [0.29, 0.717) is 34.7 Å². The Bertz CT molecular complexity index is 907. The van der Waals surface area contributed by atoms with E-state index in [2.05, 4.69) is 5.32 Å². The molecule has 6 heteroatoms. The van der Waals surface area contributed by atoms with Gasteiger partial charge < -0.3 is 10.1 Å². The molecular formula is C21H19Cl2NO2S. The second-order valence-electron chi connectivity index (χ2n) is 5.87. The summed E-state index contributed by atoms with van der Waals surface area (Å²) in [6.45, 7) is 0.871. The molecule has 3 nitrogen and oxygen atoms in total. The predicted molar refractivity (Wildman–Crippen MR) is 115 cm³/mol. The number of carbonyl (C=O) groups is 1. The number of benzene rings is 3. The summed E-state index contributed by atoms with van der Waals surface area (Å²) in [5, 5.41) is 6.31. The van der Waals surface area contributed by atoms with Crippen molar-refractivity contribution in [2.24, 2.45) is 0 Å². The van der Waals surface area contributed by atoms with Crippen LogP contribution in [0.4, 0.5) is 0 Å². The molecule has 0 aliphatic heterocycles. The molecular weight excluding hydrogens is 401 g/mol. The third-order valence-electron chi connectivity index (χ3n) is 3.97. The standard InChI is InChI=1S/C21H19Cl2NO2S/c22-18-8-4-9-19(23)17(18)13-27-14-21(25)24-11-12-26-20-10-3-6-15-5-1-2-7-16(15)20/h1-10H,11-14H2,(H,24,25). The first-order valence-corrected chi connectivity index (χ1v) is 10.4. The fraction of sp³-hybridized carbons (Fsp3) is 0.190. The van der Waals surface area contributed by atoms with Crippen LogP contribution < -0.4 is 10.1 Å². The summed E-state index contributed by atoms with van der Waals surface area (Å²) in [6.07, 6.45) is 0. The molecule has 3 rings (SSSR count). The monoisotopic (exact) mass is 419 g/mol. The molecule has 0 fully saturated rings. The van der Waals surface area contributed by atoms with E-state index in [9.17, 15) is 4.79 Å². The van der Waals surface area contributed by atoms with Crippen molar-refractivity contribution in [3.05, 3.63) is 76.3 Å². The third-order valence-corrected chi connectivity index (χ3v) is 5.64. The normalized spacial score (nSPS) is 10.7. The van der Waals surface area contributed by atoms with Gasteiger partial charge in [-0.05, 0) is 29.1 Å². The highest BCUT2D eigenvalue weighted by atomic mass is 35.5. The van der Waals surface area contributed by atoms with E-state index in [4.69, 9.17) is 27.9 Å². The minimum absolute atomic E-state index is 0.0373. The van der Waals surface area contributed by atoms with E-state index >= 15 is 0 Å². The van der Waals surface area contributed by atoms with Crippen LogP contribution in [0.3, 0.4) is 0 Å². The largest absolute Gasteiger partial charge is 0.491 e. The van der Waals surface area contributed by atoms with Crippen molar-refractivity contribution in [2.45, 2.75) is 5.75 Å². The van der Waals surface area contributed by atoms with Crippen LogP contribution in [0.15, 0.2) is 60.7 Å². The summed E-state index contributed by atoms with van der Waals surface area (Å²) >= 11 is 13.7. The number of nitrogens with one attached hydrogen (secondary N) is 1. The van der Waals surface area contributed by atoms with Gasteiger partial charge in [0, 0.05) is 21.2 Å². The lowest BCUT2D eigenvalue weighted by Gasteiger charge is -2.10. The van der Waals surface area contributed by atoms with Gasteiger partial charge in [-0.15, -0.1) is 11.8 Å². The molecule has 0 spiro atoms. The van der Waals surface area contributed by atoms with E-state index in [1.807, 2.05) is 48.5 Å². The van der Waals surface area contributed by atoms with Crippen molar-refractivity contribution in [3.8, 4) is 5.75 Å². The lowest BCUT2D eigenvalue weighted by molar-refractivity contribution is -0.118. The lowest BCUT2D eigenvalue weighted by Crippen LogP contribution is -2.29. The van der Waals surface area contributed by atoms with Crippen LogP contribution in [0.25, 0.3) is 10.8 Å². The molecule has 0 aliphatic carbocycles. The van der Waals surface area contributed by atoms with Crippen molar-refractivity contribution in [2.75, 3.05) is 18.9 Å². The Hall–Kier alpha value is -1.88. The molecule has 3 aromatic rings. The van der Waals surface area contributed by atoms with Crippen molar-refractivity contribution in [1.82, 2.24) is 5.32 Å². The van der Waals surface area contributed by atoms with Gasteiger partial charge in [-0.3, -0.25) is 4.79 Å². The molecule has 0 aliphatic rings. The van der Waals surface area contributed by atoms with Gasteiger partial charge in [0.1, 0.15) is 12.4 Å². The predicted octanol–water partition coefficient (Wildman–Crippen LogP) is 5.58. The topological polar surface area (TPSA) is 38.3 Å². The van der Waals surface area contributed by atoms with Crippen molar-refractivity contribution in [1.29, 1.82) is 0 Å². The second kappa shape index (κ2) is 9.88. The number of thioether (sulfide) groups is 1. The maximum absolute atomic E-state index is 12.0. The van der Waals surface area contributed by atoms with Crippen molar-refractivity contribution < 1.29 is 9.53 Å². The lowest BCUT2D eigenvalue weighted by atomic mass is 10.1. The molecule has 0 saturated heterocycles. The number of rotatable bonds is 8. The smallest absolute Gasteiger partial charge is 0.230 e. The number of fused-ring (bicyclic) bond motifs is 1. The molecule has 3 aromatic carbocycles. The van der Waals surface area contributed by atoms with Crippen molar-refractivity contribution in [3.63, 3.8) is 0 Å². The summed E-state index contributed by atoms with van der Waals surface area (Å²) < 4.78 is 5.82. The molecule has 0 aromatic heterocycles. The maximum Gasteiger partial charge on any atom is 0.230 e. The second-order valence-corrected chi connectivity index (χ2v) is 7.67. The summed E-state index contributed by atoms with van der Waals surface area (Å²) in [5.74, 6) is 1.73. The van der Waals surface area contributed by atoms with E-state index in [1.54, 1.807) is 12.1 Å². The highest BCUT2D eigenvalue weighted by Crippen LogP contribution is 2.28. The number of carbonyl (C=O) groups excluding carboxylic acids is 1. The highest BCUT2D eigenvalue weighted by molar-refractivity contribution is 7.99. The number of ether oxygens (including phenoxy) is 1. The zero-order chi connectivity index (χ0) is 19.1. The Morgan fingerprint density at radius 3 is 2.48 bits per heavy atom. The number of hydrogen-bond acceptors (Lipinski definition) is 3. The van der Waals surface area contributed by atoms with Crippen molar-refractivity contribution >= 4 is 51.6 Å². The number of amides is 1. The Morgan fingerprint density at radius 2 is 1.67 bits per heavy atom. The minimum atomic E-state index is -0.0373. The van der Waals surface area contributed by atoms with Gasteiger partial charge in [0.05, 0.1) is 12.3 Å². The van der Waals surface area contributed by atoms with Crippen LogP contribution in [0.1, 0.15) is 5.56 Å². The molecule has 0 unspecified atom stereocenters. The quantitative estimate of drug-likeness (QED) is 0.484. The first-order chi connectivity index (χ1) is 13.1. The van der Waals surface area contributed by atoms with E-state index in [0.717, 1.165) is 22.1 Å². The van der Waals surface area contributed by atoms with Gasteiger partial charge >= 0.3 is 0 Å². The minimum Gasteiger partial charge on any atom is -0.491 e. The molecule has 1 N–H and O–H groups in total. The average Bonchev–Trinajstić information content (AvgIpc) is 2.67. The first kappa shape index (κ1) is 19.9.